The summed E-state index contributed by atoms with van der Waals surface area (Å²) in [5.41, 5.74) is 6.32. The quantitative estimate of drug-likeness (QED) is 0.784. The molecule has 0 bridgehead atoms. The fourth-order valence-electron chi connectivity index (χ4n) is 1.38. The number of nitrogens with two attached hydrogens (primary N) is 1. The molecule has 5 heteroatoms. The second-order valence-electron chi connectivity index (χ2n) is 3.48. The Morgan fingerprint density at radius 1 is 1.33 bits per heavy atom. The molecular weight excluding hydrogens is 205 g/mol. The predicted octanol–water partition coefficient (Wildman–Crippen LogP) is 2.10. The van der Waals surface area contributed by atoms with Crippen molar-refractivity contribution < 1.29 is 13.2 Å². The van der Waals surface area contributed by atoms with E-state index in [0.717, 1.165) is 0 Å². The first-order chi connectivity index (χ1) is 6.97. The van der Waals surface area contributed by atoms with Crippen molar-refractivity contribution in [1.82, 2.24) is 4.90 Å². The van der Waals surface area contributed by atoms with Crippen molar-refractivity contribution in [1.29, 1.82) is 0 Å². The summed E-state index contributed by atoms with van der Waals surface area (Å²) in [6.45, 7) is -0.0806. The van der Waals surface area contributed by atoms with E-state index in [-0.39, 0.29) is 13.1 Å². The number of anilines is 1. The molecule has 0 heterocycles. The zero-order chi connectivity index (χ0) is 11.4. The van der Waals surface area contributed by atoms with Gasteiger partial charge in [0.05, 0.1) is 6.54 Å². The minimum atomic E-state index is -2.39. The van der Waals surface area contributed by atoms with Gasteiger partial charge < -0.3 is 5.73 Å². The van der Waals surface area contributed by atoms with E-state index in [2.05, 4.69) is 0 Å². The maximum Gasteiger partial charge on any atom is 0.251 e. The second-order valence-corrected chi connectivity index (χ2v) is 3.48. The molecular formula is C10H13F3N2. The summed E-state index contributed by atoms with van der Waals surface area (Å²) in [7, 11) is 1.55. The van der Waals surface area contributed by atoms with Crippen LogP contribution in [0.25, 0.3) is 0 Å². The fourth-order valence-corrected chi connectivity index (χ4v) is 1.38. The largest absolute Gasteiger partial charge is 0.399 e. The van der Waals surface area contributed by atoms with Gasteiger partial charge in [0.15, 0.2) is 0 Å². The molecule has 0 amide bonds. The Labute approximate surface area is 86.5 Å². The van der Waals surface area contributed by atoms with Crippen molar-refractivity contribution in [2.45, 2.75) is 13.0 Å². The Hall–Kier alpha value is -1.23. The molecule has 1 aromatic carbocycles. The Kier molecular flexibility index (Phi) is 3.96. The Morgan fingerprint density at radius 3 is 2.53 bits per heavy atom. The van der Waals surface area contributed by atoms with Crippen molar-refractivity contribution >= 4 is 5.69 Å². The number of nitrogen functional groups attached to an aromatic ring is 1. The molecule has 0 aliphatic rings. The number of nitrogens with zero attached hydrogens (tertiary/aromatic N) is 1. The molecule has 0 radical (unpaired) electrons. The Morgan fingerprint density at radius 2 is 2.00 bits per heavy atom. The SMILES string of the molecule is CN(Cc1cc(N)cc(F)c1)CC(F)F. The molecule has 0 aromatic heterocycles. The highest BCUT2D eigenvalue weighted by atomic mass is 19.3. The molecule has 2 nitrogen and oxygen atoms in total. The van der Waals surface area contributed by atoms with Gasteiger partial charge in [-0.3, -0.25) is 4.90 Å². The van der Waals surface area contributed by atoms with E-state index in [9.17, 15) is 13.2 Å². The van der Waals surface area contributed by atoms with E-state index in [4.69, 9.17) is 5.73 Å². The number of halogens is 3. The molecule has 0 atom stereocenters. The smallest absolute Gasteiger partial charge is 0.251 e. The maximum absolute atomic E-state index is 12.9. The van der Waals surface area contributed by atoms with E-state index in [1.807, 2.05) is 0 Å². The predicted molar refractivity (Wildman–Crippen MR) is 53.2 cm³/mol. The average molecular weight is 218 g/mol. The van der Waals surface area contributed by atoms with E-state index in [1.165, 1.54) is 17.0 Å². The van der Waals surface area contributed by atoms with E-state index >= 15 is 0 Å². The molecule has 0 aliphatic heterocycles. The molecule has 0 spiro atoms. The van der Waals surface area contributed by atoms with Crippen molar-refractivity contribution in [3.63, 3.8) is 0 Å². The average Bonchev–Trinajstić information content (AvgIpc) is 1.98. The fraction of sp³-hybridized carbons (Fsp3) is 0.400. The third kappa shape index (κ3) is 4.20. The first-order valence-corrected chi connectivity index (χ1v) is 4.49. The van der Waals surface area contributed by atoms with Gasteiger partial charge in [-0.2, -0.15) is 0 Å². The van der Waals surface area contributed by atoms with Gasteiger partial charge in [0.25, 0.3) is 6.43 Å². The van der Waals surface area contributed by atoms with Crippen LogP contribution in [0.15, 0.2) is 18.2 Å². The summed E-state index contributed by atoms with van der Waals surface area (Å²) < 4.78 is 36.9. The number of rotatable bonds is 4. The minimum absolute atomic E-state index is 0.256. The highest BCUT2D eigenvalue weighted by Gasteiger charge is 2.08. The van der Waals surface area contributed by atoms with Crippen LogP contribution in [0.5, 0.6) is 0 Å². The molecule has 0 aliphatic carbocycles. The first-order valence-electron chi connectivity index (χ1n) is 4.49. The van der Waals surface area contributed by atoms with E-state index in [1.54, 1.807) is 13.1 Å². The van der Waals surface area contributed by atoms with Crippen molar-refractivity contribution in [3.8, 4) is 0 Å². The van der Waals surface area contributed by atoms with Gasteiger partial charge in [0, 0.05) is 12.2 Å². The lowest BCUT2D eigenvalue weighted by molar-refractivity contribution is 0.0975. The standard InChI is InChI=1S/C10H13F3N2/c1-15(6-10(12)13)5-7-2-8(11)4-9(14)3-7/h2-4,10H,5-6,14H2,1H3. The molecule has 0 saturated carbocycles. The van der Waals surface area contributed by atoms with Gasteiger partial charge in [0.2, 0.25) is 0 Å². The number of hydrogen-bond acceptors (Lipinski definition) is 2. The van der Waals surface area contributed by atoms with E-state index in [0.29, 0.717) is 11.3 Å². The molecule has 1 aromatic rings. The number of alkyl halides is 2. The molecule has 84 valence electrons. The Balaban J connectivity index is 2.63. The van der Waals surface area contributed by atoms with Gasteiger partial charge in [-0.15, -0.1) is 0 Å². The lowest BCUT2D eigenvalue weighted by Crippen LogP contribution is -2.24. The summed E-state index contributed by atoms with van der Waals surface area (Å²) in [6.07, 6.45) is -2.39. The van der Waals surface area contributed by atoms with Crippen LogP contribution >= 0.6 is 0 Å². The third-order valence-electron chi connectivity index (χ3n) is 1.88. The van der Waals surface area contributed by atoms with Gasteiger partial charge >= 0.3 is 0 Å². The number of hydrogen-bond donors (Lipinski definition) is 1. The highest BCUT2D eigenvalue weighted by molar-refractivity contribution is 5.41. The van der Waals surface area contributed by atoms with Crippen molar-refractivity contribution in [2.75, 3.05) is 19.3 Å². The topological polar surface area (TPSA) is 29.3 Å². The third-order valence-corrected chi connectivity index (χ3v) is 1.88. The normalized spacial score (nSPS) is 11.3. The molecule has 0 unspecified atom stereocenters. The molecule has 15 heavy (non-hydrogen) atoms. The molecule has 1 rings (SSSR count). The van der Waals surface area contributed by atoms with Crippen LogP contribution < -0.4 is 5.73 Å². The van der Waals surface area contributed by atoms with Crippen LogP contribution in [-0.4, -0.2) is 24.9 Å². The van der Waals surface area contributed by atoms with Gasteiger partial charge in [-0.1, -0.05) is 0 Å². The molecule has 0 fully saturated rings. The van der Waals surface area contributed by atoms with Crippen LogP contribution in [0, 0.1) is 5.82 Å². The zero-order valence-electron chi connectivity index (χ0n) is 8.38. The highest BCUT2D eigenvalue weighted by Crippen LogP contribution is 2.12. The van der Waals surface area contributed by atoms with E-state index < -0.39 is 12.2 Å². The van der Waals surface area contributed by atoms with Gasteiger partial charge in [0.1, 0.15) is 5.82 Å². The molecule has 2 N–H and O–H groups in total. The van der Waals surface area contributed by atoms with Crippen LogP contribution in [0.3, 0.4) is 0 Å². The summed E-state index contributed by atoms with van der Waals surface area (Å²) >= 11 is 0. The van der Waals surface area contributed by atoms with Crippen LogP contribution in [0.2, 0.25) is 0 Å². The van der Waals surface area contributed by atoms with Crippen molar-refractivity contribution in [2.24, 2.45) is 0 Å². The maximum atomic E-state index is 12.9. The van der Waals surface area contributed by atoms with Crippen molar-refractivity contribution in [3.05, 3.63) is 29.6 Å². The summed E-state index contributed by atoms with van der Waals surface area (Å²) in [6, 6.07) is 4.06. The first kappa shape index (κ1) is 11.8. The lowest BCUT2D eigenvalue weighted by Gasteiger charge is -2.16. The lowest BCUT2D eigenvalue weighted by atomic mass is 10.2. The van der Waals surface area contributed by atoms with Gasteiger partial charge in [-0.25, -0.2) is 13.2 Å². The molecule has 0 saturated heterocycles. The zero-order valence-corrected chi connectivity index (χ0v) is 8.38. The summed E-state index contributed by atoms with van der Waals surface area (Å²) in [5.74, 6) is -0.449. The van der Waals surface area contributed by atoms with Crippen LogP contribution in [0.4, 0.5) is 18.9 Å². The minimum Gasteiger partial charge on any atom is -0.399 e. The second kappa shape index (κ2) is 5.02. The Bertz CT molecular complexity index is 308. The summed E-state index contributed by atoms with van der Waals surface area (Å²) in [5, 5.41) is 0. The van der Waals surface area contributed by atoms with Crippen LogP contribution in [-0.2, 0) is 6.54 Å². The number of benzene rings is 1. The van der Waals surface area contributed by atoms with Crippen LogP contribution in [0.1, 0.15) is 5.56 Å². The monoisotopic (exact) mass is 218 g/mol. The van der Waals surface area contributed by atoms with Gasteiger partial charge in [-0.05, 0) is 30.8 Å². The summed E-state index contributed by atoms with van der Waals surface area (Å²) in [4.78, 5) is 1.42.